The van der Waals surface area contributed by atoms with E-state index in [9.17, 15) is 18.0 Å². The fraction of sp³-hybridized carbons (Fsp3) is 0.917. The summed E-state index contributed by atoms with van der Waals surface area (Å²) < 4.78 is 43.5. The average molecular weight is 267 g/mol. The largest absolute Gasteiger partial charge is 0.444 e. The summed E-state index contributed by atoms with van der Waals surface area (Å²) in [6, 6.07) is 0. The van der Waals surface area contributed by atoms with E-state index in [2.05, 4.69) is 0 Å². The molecular weight excluding hydrogens is 247 g/mol. The van der Waals surface area contributed by atoms with Gasteiger partial charge in [-0.05, 0) is 33.6 Å². The zero-order valence-corrected chi connectivity index (χ0v) is 11.2. The van der Waals surface area contributed by atoms with Crippen LogP contribution in [0.5, 0.6) is 0 Å². The van der Waals surface area contributed by atoms with Crippen molar-refractivity contribution in [2.75, 3.05) is 13.1 Å². The highest BCUT2D eigenvalue weighted by Crippen LogP contribution is 2.45. The number of hydrogen-bond donors (Lipinski definition) is 0. The summed E-state index contributed by atoms with van der Waals surface area (Å²) in [5.74, 6) is 0. The van der Waals surface area contributed by atoms with Crippen molar-refractivity contribution >= 4 is 6.09 Å². The van der Waals surface area contributed by atoms with Crippen molar-refractivity contribution in [1.82, 2.24) is 4.90 Å². The number of ether oxygens (including phenoxy) is 1. The molecule has 1 rings (SSSR count). The number of rotatable bonds is 0. The first-order chi connectivity index (χ1) is 7.95. The second kappa shape index (κ2) is 4.63. The molecule has 0 aromatic rings. The predicted molar refractivity (Wildman–Crippen MR) is 61.2 cm³/mol. The van der Waals surface area contributed by atoms with E-state index in [-0.39, 0.29) is 25.9 Å². The lowest BCUT2D eigenvalue weighted by Gasteiger charge is -2.40. The highest BCUT2D eigenvalue weighted by Gasteiger charge is 2.52. The molecule has 0 aromatic carbocycles. The Morgan fingerprint density at radius 3 is 1.94 bits per heavy atom. The molecule has 3 nitrogen and oxygen atoms in total. The SMILES string of the molecule is CC(C)(C)OC(=O)N1CCC(C)(C(F)(F)F)CC1. The van der Waals surface area contributed by atoms with E-state index in [0.717, 1.165) is 0 Å². The van der Waals surface area contributed by atoms with Gasteiger partial charge in [0.2, 0.25) is 0 Å². The van der Waals surface area contributed by atoms with E-state index in [1.54, 1.807) is 20.8 Å². The Kier molecular flexibility index (Phi) is 3.89. The number of likely N-dealkylation sites (tertiary alicyclic amines) is 1. The van der Waals surface area contributed by atoms with Gasteiger partial charge in [-0.1, -0.05) is 6.92 Å². The number of amides is 1. The Balaban J connectivity index is 2.57. The van der Waals surface area contributed by atoms with Crippen molar-refractivity contribution < 1.29 is 22.7 Å². The van der Waals surface area contributed by atoms with Crippen LogP contribution in [0.1, 0.15) is 40.5 Å². The number of hydrogen-bond acceptors (Lipinski definition) is 2. The maximum absolute atomic E-state index is 12.8. The molecule has 1 aliphatic rings. The third-order valence-electron chi connectivity index (χ3n) is 3.20. The van der Waals surface area contributed by atoms with Gasteiger partial charge in [-0.15, -0.1) is 0 Å². The first kappa shape index (κ1) is 15.1. The van der Waals surface area contributed by atoms with Crippen LogP contribution in [-0.4, -0.2) is 35.9 Å². The third kappa shape index (κ3) is 3.53. The molecule has 0 atom stereocenters. The van der Waals surface area contributed by atoms with E-state index in [0.29, 0.717) is 0 Å². The number of halogens is 3. The first-order valence-corrected chi connectivity index (χ1v) is 5.99. The quantitative estimate of drug-likeness (QED) is 0.671. The van der Waals surface area contributed by atoms with Crippen LogP contribution < -0.4 is 0 Å². The molecule has 1 heterocycles. The zero-order chi connectivity index (χ0) is 14.2. The predicted octanol–water partition coefficient (Wildman–Crippen LogP) is 3.59. The number of piperidine rings is 1. The monoisotopic (exact) mass is 267 g/mol. The van der Waals surface area contributed by atoms with Crippen LogP contribution in [0.2, 0.25) is 0 Å². The zero-order valence-electron chi connectivity index (χ0n) is 11.2. The number of nitrogens with zero attached hydrogens (tertiary/aromatic N) is 1. The van der Waals surface area contributed by atoms with Crippen molar-refractivity contribution in [3.8, 4) is 0 Å². The van der Waals surface area contributed by atoms with Gasteiger partial charge in [-0.2, -0.15) is 13.2 Å². The lowest BCUT2D eigenvalue weighted by atomic mass is 9.80. The second-order valence-corrected chi connectivity index (χ2v) is 6.03. The topological polar surface area (TPSA) is 29.5 Å². The van der Waals surface area contributed by atoms with Crippen LogP contribution in [0.25, 0.3) is 0 Å². The summed E-state index contributed by atoms with van der Waals surface area (Å²) in [4.78, 5) is 13.0. The lowest BCUT2D eigenvalue weighted by molar-refractivity contribution is -0.230. The molecule has 6 heteroatoms. The lowest BCUT2D eigenvalue weighted by Crippen LogP contribution is -2.49. The van der Waals surface area contributed by atoms with Crippen molar-refractivity contribution in [2.45, 2.75) is 52.3 Å². The second-order valence-electron chi connectivity index (χ2n) is 6.03. The van der Waals surface area contributed by atoms with Crippen molar-refractivity contribution in [3.05, 3.63) is 0 Å². The van der Waals surface area contributed by atoms with Crippen molar-refractivity contribution in [3.63, 3.8) is 0 Å². The maximum Gasteiger partial charge on any atom is 0.410 e. The molecule has 0 aliphatic carbocycles. The standard InChI is InChI=1S/C12H20F3NO2/c1-10(2,3)18-9(17)16-7-5-11(4,6-8-16)12(13,14)15/h5-8H2,1-4H3. The van der Waals surface area contributed by atoms with Crippen LogP contribution >= 0.6 is 0 Å². The molecule has 1 saturated heterocycles. The van der Waals surface area contributed by atoms with Gasteiger partial charge >= 0.3 is 12.3 Å². The summed E-state index contributed by atoms with van der Waals surface area (Å²) in [6.07, 6.45) is -4.90. The summed E-state index contributed by atoms with van der Waals surface area (Å²) in [5.41, 5.74) is -2.31. The molecule has 0 aromatic heterocycles. The molecule has 0 radical (unpaired) electrons. The molecule has 1 amide bonds. The molecule has 0 N–H and O–H groups in total. The molecule has 0 unspecified atom stereocenters. The summed E-state index contributed by atoms with van der Waals surface area (Å²) in [7, 11) is 0. The van der Waals surface area contributed by atoms with Crippen LogP contribution in [0.4, 0.5) is 18.0 Å². The van der Waals surface area contributed by atoms with Gasteiger partial charge in [0.05, 0.1) is 5.41 Å². The molecule has 106 valence electrons. The molecule has 0 bridgehead atoms. The fourth-order valence-corrected chi connectivity index (χ4v) is 1.79. The number of carbonyl (C=O) groups is 1. The highest BCUT2D eigenvalue weighted by atomic mass is 19.4. The van der Waals surface area contributed by atoms with Gasteiger partial charge < -0.3 is 9.64 Å². The van der Waals surface area contributed by atoms with Crippen LogP contribution in [0.3, 0.4) is 0 Å². The highest BCUT2D eigenvalue weighted by molar-refractivity contribution is 5.68. The molecular formula is C12H20F3NO2. The van der Waals surface area contributed by atoms with E-state index in [1.165, 1.54) is 11.8 Å². The average Bonchev–Trinajstić information content (AvgIpc) is 2.14. The van der Waals surface area contributed by atoms with Crippen molar-refractivity contribution in [2.24, 2.45) is 5.41 Å². The maximum atomic E-state index is 12.8. The Labute approximate surface area is 105 Å². The summed E-state index contributed by atoms with van der Waals surface area (Å²) in [6.45, 7) is 6.58. The minimum absolute atomic E-state index is 0.0737. The van der Waals surface area contributed by atoms with Crippen LogP contribution in [-0.2, 0) is 4.74 Å². The molecule has 1 fully saturated rings. The fourth-order valence-electron chi connectivity index (χ4n) is 1.79. The van der Waals surface area contributed by atoms with E-state index >= 15 is 0 Å². The number of alkyl halides is 3. The van der Waals surface area contributed by atoms with Crippen LogP contribution in [0.15, 0.2) is 0 Å². The number of carbonyl (C=O) groups excluding carboxylic acids is 1. The summed E-state index contributed by atoms with van der Waals surface area (Å²) >= 11 is 0. The first-order valence-electron chi connectivity index (χ1n) is 5.99. The Morgan fingerprint density at radius 2 is 1.61 bits per heavy atom. The molecule has 1 aliphatic heterocycles. The van der Waals surface area contributed by atoms with E-state index < -0.39 is 23.3 Å². The minimum atomic E-state index is -4.22. The van der Waals surface area contributed by atoms with Gasteiger partial charge in [0.15, 0.2) is 0 Å². The molecule has 0 spiro atoms. The minimum Gasteiger partial charge on any atom is -0.444 e. The third-order valence-corrected chi connectivity index (χ3v) is 3.20. The molecule has 18 heavy (non-hydrogen) atoms. The smallest absolute Gasteiger partial charge is 0.410 e. The van der Waals surface area contributed by atoms with Crippen LogP contribution in [0, 0.1) is 5.41 Å². The van der Waals surface area contributed by atoms with Gasteiger partial charge in [0, 0.05) is 13.1 Å². The Morgan fingerprint density at radius 1 is 1.17 bits per heavy atom. The van der Waals surface area contributed by atoms with E-state index in [1.807, 2.05) is 0 Å². The van der Waals surface area contributed by atoms with Gasteiger partial charge in [0.1, 0.15) is 5.60 Å². The van der Waals surface area contributed by atoms with Crippen molar-refractivity contribution in [1.29, 1.82) is 0 Å². The summed E-state index contributed by atoms with van der Waals surface area (Å²) in [5, 5.41) is 0. The Hall–Kier alpha value is -0.940. The molecule has 0 saturated carbocycles. The van der Waals surface area contributed by atoms with Gasteiger partial charge in [-0.3, -0.25) is 0 Å². The Bertz CT molecular complexity index is 312. The van der Waals surface area contributed by atoms with Gasteiger partial charge in [-0.25, -0.2) is 4.79 Å². The van der Waals surface area contributed by atoms with E-state index in [4.69, 9.17) is 4.74 Å². The normalized spacial score (nSPS) is 20.7. The van der Waals surface area contributed by atoms with Gasteiger partial charge in [0.25, 0.3) is 0 Å².